The predicted molar refractivity (Wildman–Crippen MR) is 68.9 cm³/mol. The van der Waals surface area contributed by atoms with Crippen LogP contribution in [0.15, 0.2) is 0 Å². The number of hydrogen-bond acceptors (Lipinski definition) is 3. The minimum absolute atomic E-state index is 0.145. The molecule has 0 aromatic heterocycles. The maximum atomic E-state index is 12.1. The first-order chi connectivity index (χ1) is 8.18. The van der Waals surface area contributed by atoms with Crippen LogP contribution < -0.4 is 5.32 Å². The second kappa shape index (κ2) is 5.83. The van der Waals surface area contributed by atoms with Gasteiger partial charge in [0.1, 0.15) is 0 Å². The van der Waals surface area contributed by atoms with E-state index in [2.05, 4.69) is 10.2 Å². The Hall–Kier alpha value is -0.610. The number of hydrogen-bond donors (Lipinski definition) is 1. The lowest BCUT2D eigenvalue weighted by molar-refractivity contribution is -0.133. The van der Waals surface area contributed by atoms with Gasteiger partial charge in [0.2, 0.25) is 5.91 Å². The van der Waals surface area contributed by atoms with Crippen molar-refractivity contribution in [2.45, 2.75) is 31.7 Å². The number of rotatable bonds is 3. The number of likely N-dealkylation sites (tertiary alicyclic amines) is 1. The molecule has 2 fully saturated rings. The molecular weight excluding hydrogens is 214 g/mol. The summed E-state index contributed by atoms with van der Waals surface area (Å²) in [5.74, 6) is 1.02. The summed E-state index contributed by atoms with van der Waals surface area (Å²) in [5, 5.41) is 3.45. The molecule has 2 rings (SSSR count). The number of carbonyl (C=O) groups excluding carboxylic acids is 1. The Morgan fingerprint density at radius 2 is 2.18 bits per heavy atom. The smallest absolute Gasteiger partial charge is 0.239 e. The fourth-order valence-corrected chi connectivity index (χ4v) is 3.03. The van der Waals surface area contributed by atoms with Crippen LogP contribution in [0.5, 0.6) is 0 Å². The van der Waals surface area contributed by atoms with Crippen molar-refractivity contribution in [2.24, 2.45) is 5.92 Å². The van der Waals surface area contributed by atoms with E-state index in [0.29, 0.717) is 0 Å². The van der Waals surface area contributed by atoms with Crippen LogP contribution in [0.3, 0.4) is 0 Å². The molecule has 2 atom stereocenters. The van der Waals surface area contributed by atoms with E-state index >= 15 is 0 Å². The molecule has 0 saturated carbocycles. The Morgan fingerprint density at radius 3 is 2.82 bits per heavy atom. The Labute approximate surface area is 104 Å². The summed E-state index contributed by atoms with van der Waals surface area (Å²) in [6.07, 6.45) is 4.80. The van der Waals surface area contributed by atoms with Crippen molar-refractivity contribution in [3.05, 3.63) is 0 Å². The van der Waals surface area contributed by atoms with E-state index < -0.39 is 0 Å². The molecule has 0 radical (unpaired) electrons. The highest BCUT2D eigenvalue weighted by Crippen LogP contribution is 2.22. The van der Waals surface area contributed by atoms with Crippen molar-refractivity contribution in [1.82, 2.24) is 15.1 Å². The fourth-order valence-electron chi connectivity index (χ4n) is 3.03. The summed E-state index contributed by atoms with van der Waals surface area (Å²) >= 11 is 0. The van der Waals surface area contributed by atoms with E-state index in [-0.39, 0.29) is 11.9 Å². The molecule has 17 heavy (non-hydrogen) atoms. The van der Waals surface area contributed by atoms with E-state index in [4.69, 9.17) is 0 Å². The van der Waals surface area contributed by atoms with Gasteiger partial charge in [-0.15, -0.1) is 0 Å². The molecule has 2 heterocycles. The number of piperidine rings is 1. The predicted octanol–water partition coefficient (Wildman–Crippen LogP) is 0.539. The van der Waals surface area contributed by atoms with E-state index in [1.54, 1.807) is 4.90 Å². The number of carbonyl (C=O) groups is 1. The average Bonchev–Trinajstić information content (AvgIpc) is 2.77. The third kappa shape index (κ3) is 3.19. The third-order valence-electron chi connectivity index (χ3n) is 3.98. The monoisotopic (exact) mass is 239 g/mol. The molecule has 2 saturated heterocycles. The van der Waals surface area contributed by atoms with Crippen LogP contribution >= 0.6 is 0 Å². The van der Waals surface area contributed by atoms with Crippen molar-refractivity contribution in [1.29, 1.82) is 0 Å². The summed E-state index contributed by atoms with van der Waals surface area (Å²) in [5.41, 5.74) is 0. The van der Waals surface area contributed by atoms with Gasteiger partial charge in [-0.05, 0) is 51.2 Å². The molecule has 2 aliphatic heterocycles. The molecule has 0 spiro atoms. The van der Waals surface area contributed by atoms with Gasteiger partial charge in [0.05, 0.1) is 6.04 Å². The highest BCUT2D eigenvalue weighted by Gasteiger charge is 2.32. The molecule has 0 aliphatic carbocycles. The van der Waals surface area contributed by atoms with E-state index in [0.717, 1.165) is 38.5 Å². The lowest BCUT2D eigenvalue weighted by Gasteiger charge is -2.31. The third-order valence-corrected chi connectivity index (χ3v) is 3.98. The molecule has 1 amide bonds. The zero-order chi connectivity index (χ0) is 12.3. The summed E-state index contributed by atoms with van der Waals surface area (Å²) in [6, 6.07) is 0.145. The van der Waals surface area contributed by atoms with Crippen LogP contribution in [-0.2, 0) is 4.79 Å². The molecule has 1 N–H and O–H groups in total. The van der Waals surface area contributed by atoms with Gasteiger partial charge in [-0.1, -0.05) is 0 Å². The normalized spacial score (nSPS) is 30.5. The largest absolute Gasteiger partial charge is 0.347 e. The van der Waals surface area contributed by atoms with Crippen LogP contribution in [-0.4, -0.2) is 62.0 Å². The molecule has 4 nitrogen and oxygen atoms in total. The van der Waals surface area contributed by atoms with E-state index in [1.165, 1.54) is 19.3 Å². The fraction of sp³-hybridized carbons (Fsp3) is 0.923. The summed E-state index contributed by atoms with van der Waals surface area (Å²) < 4.78 is 0. The zero-order valence-electron chi connectivity index (χ0n) is 11.1. The van der Waals surface area contributed by atoms with Crippen molar-refractivity contribution in [3.63, 3.8) is 0 Å². The van der Waals surface area contributed by atoms with E-state index in [9.17, 15) is 4.79 Å². The zero-order valence-corrected chi connectivity index (χ0v) is 11.1. The molecule has 98 valence electrons. The topological polar surface area (TPSA) is 35.6 Å². The first-order valence-electron chi connectivity index (χ1n) is 6.84. The Kier molecular flexibility index (Phi) is 4.40. The number of nitrogens with one attached hydrogen (secondary N) is 1. The highest BCUT2D eigenvalue weighted by molar-refractivity contribution is 5.81. The highest BCUT2D eigenvalue weighted by atomic mass is 16.2. The molecule has 2 aliphatic rings. The quantitative estimate of drug-likeness (QED) is 0.781. The lowest BCUT2D eigenvalue weighted by atomic mass is 9.98. The van der Waals surface area contributed by atoms with Gasteiger partial charge >= 0.3 is 0 Å². The van der Waals surface area contributed by atoms with Gasteiger partial charge in [0.15, 0.2) is 0 Å². The van der Waals surface area contributed by atoms with Gasteiger partial charge in [0, 0.05) is 20.6 Å². The van der Waals surface area contributed by atoms with E-state index in [1.807, 2.05) is 14.1 Å². The summed E-state index contributed by atoms with van der Waals surface area (Å²) in [4.78, 5) is 16.2. The first kappa shape index (κ1) is 12.8. The van der Waals surface area contributed by atoms with Crippen molar-refractivity contribution in [2.75, 3.05) is 40.3 Å². The second-order valence-corrected chi connectivity index (χ2v) is 5.60. The standard InChI is InChI=1S/C13H25N3O/c1-15(2)13(17)12-6-4-8-16(12)10-11-5-3-7-14-9-11/h11-12,14H,3-10H2,1-2H3. The lowest BCUT2D eigenvalue weighted by Crippen LogP contribution is -2.46. The number of likely N-dealkylation sites (N-methyl/N-ethyl adjacent to an activating group) is 1. The van der Waals surface area contributed by atoms with Crippen LogP contribution in [0, 0.1) is 5.92 Å². The Morgan fingerprint density at radius 1 is 1.35 bits per heavy atom. The van der Waals surface area contributed by atoms with Gasteiger partial charge in [0.25, 0.3) is 0 Å². The SMILES string of the molecule is CN(C)C(=O)C1CCCN1CC1CCCNC1. The summed E-state index contributed by atoms with van der Waals surface area (Å²) in [7, 11) is 3.72. The van der Waals surface area contributed by atoms with Crippen LogP contribution in [0.4, 0.5) is 0 Å². The summed E-state index contributed by atoms with van der Waals surface area (Å²) in [6.45, 7) is 4.48. The van der Waals surface area contributed by atoms with Crippen molar-refractivity contribution >= 4 is 5.91 Å². The molecule has 4 heteroatoms. The molecule has 0 aromatic rings. The molecular formula is C13H25N3O. The Balaban J connectivity index is 1.88. The van der Waals surface area contributed by atoms with Gasteiger partial charge < -0.3 is 10.2 Å². The minimum Gasteiger partial charge on any atom is -0.347 e. The average molecular weight is 239 g/mol. The molecule has 0 bridgehead atoms. The Bertz CT molecular complexity index is 261. The second-order valence-electron chi connectivity index (χ2n) is 5.60. The minimum atomic E-state index is 0.145. The van der Waals surface area contributed by atoms with Gasteiger partial charge in [-0.25, -0.2) is 0 Å². The van der Waals surface area contributed by atoms with Gasteiger partial charge in [-0.3, -0.25) is 9.69 Å². The number of nitrogens with zero attached hydrogens (tertiary/aromatic N) is 2. The molecule has 0 aromatic carbocycles. The van der Waals surface area contributed by atoms with Crippen molar-refractivity contribution < 1.29 is 4.79 Å². The molecule has 2 unspecified atom stereocenters. The maximum Gasteiger partial charge on any atom is 0.239 e. The van der Waals surface area contributed by atoms with Crippen LogP contribution in [0.25, 0.3) is 0 Å². The van der Waals surface area contributed by atoms with Crippen LogP contribution in [0.2, 0.25) is 0 Å². The maximum absolute atomic E-state index is 12.1. The number of amides is 1. The van der Waals surface area contributed by atoms with Gasteiger partial charge in [-0.2, -0.15) is 0 Å². The van der Waals surface area contributed by atoms with Crippen molar-refractivity contribution in [3.8, 4) is 0 Å². The first-order valence-corrected chi connectivity index (χ1v) is 6.84. The van der Waals surface area contributed by atoms with Crippen LogP contribution in [0.1, 0.15) is 25.7 Å².